The molecule has 0 fully saturated rings. The number of hydrogen-bond acceptors (Lipinski definition) is 6. The van der Waals surface area contributed by atoms with Crippen LogP contribution in [0.5, 0.6) is 0 Å². The highest BCUT2D eigenvalue weighted by Crippen LogP contribution is 2.38. The average molecular weight is 520 g/mol. The average Bonchev–Trinajstić information content (AvgIpc) is 3.22. The van der Waals surface area contributed by atoms with Gasteiger partial charge >= 0.3 is 6.18 Å². The monoisotopic (exact) mass is 519 g/mol. The van der Waals surface area contributed by atoms with Crippen molar-refractivity contribution < 1.29 is 30.4 Å². The Morgan fingerprint density at radius 2 is 1.68 bits per heavy atom. The summed E-state index contributed by atoms with van der Waals surface area (Å²) >= 11 is 0.286. The zero-order chi connectivity index (χ0) is 25.2. The van der Waals surface area contributed by atoms with Crippen molar-refractivity contribution in [3.63, 3.8) is 0 Å². The fraction of sp³-hybridized carbons (Fsp3) is 0.350. The van der Waals surface area contributed by atoms with E-state index in [1.807, 2.05) is 0 Å². The maximum atomic E-state index is 13.4. The molecule has 0 saturated heterocycles. The molecule has 14 heteroatoms. The lowest BCUT2D eigenvalue weighted by Crippen LogP contribution is -2.12. The zero-order valence-electron chi connectivity index (χ0n) is 18.3. The van der Waals surface area contributed by atoms with Gasteiger partial charge in [-0.05, 0) is 18.2 Å². The van der Waals surface area contributed by atoms with Gasteiger partial charge in [0.25, 0.3) is 5.25 Å². The Morgan fingerprint density at radius 3 is 2.26 bits per heavy atom. The summed E-state index contributed by atoms with van der Waals surface area (Å²) in [7, 11) is -1.20. The van der Waals surface area contributed by atoms with Crippen LogP contribution in [0, 0.1) is 0 Å². The van der Waals surface area contributed by atoms with Gasteiger partial charge in [0.15, 0.2) is 15.5 Å². The molecule has 0 bridgehead atoms. The van der Waals surface area contributed by atoms with Gasteiger partial charge in [-0.25, -0.2) is 23.4 Å². The maximum Gasteiger partial charge on any atom is 0.449 e. The molecule has 0 atom stereocenters. The van der Waals surface area contributed by atoms with E-state index < -0.39 is 27.1 Å². The molecule has 3 heterocycles. The Morgan fingerprint density at radius 1 is 1.00 bits per heavy atom. The summed E-state index contributed by atoms with van der Waals surface area (Å²) in [6.45, 7) is 2.16. The number of fused-ring (bicyclic) bond motifs is 2. The SMILES string of the molecule is CCS(=O)(=O)c1cc2c(cc1-c1nc3cc(SC(C)(F)F)cnc3n1C)nc(C(F)(F)F)n2C. The van der Waals surface area contributed by atoms with E-state index in [1.165, 1.54) is 29.8 Å². The largest absolute Gasteiger partial charge is 0.449 e. The van der Waals surface area contributed by atoms with Crippen molar-refractivity contribution in [3.05, 3.63) is 30.2 Å². The van der Waals surface area contributed by atoms with Crippen molar-refractivity contribution >= 4 is 43.8 Å². The van der Waals surface area contributed by atoms with Crippen LogP contribution in [0.25, 0.3) is 33.6 Å². The second-order valence-corrected chi connectivity index (χ2v) is 11.3. The van der Waals surface area contributed by atoms with Gasteiger partial charge in [0.05, 0.1) is 21.7 Å². The van der Waals surface area contributed by atoms with Crippen LogP contribution >= 0.6 is 11.8 Å². The summed E-state index contributed by atoms with van der Waals surface area (Å²) in [5, 5.41) is -3.05. The number of alkyl halides is 5. The third-order valence-corrected chi connectivity index (χ3v) is 7.76. The topological polar surface area (TPSA) is 82.7 Å². The molecule has 4 rings (SSSR count). The van der Waals surface area contributed by atoms with E-state index in [4.69, 9.17) is 0 Å². The molecule has 1 aromatic carbocycles. The lowest BCUT2D eigenvalue weighted by Gasteiger charge is -2.11. The fourth-order valence-corrected chi connectivity index (χ4v) is 5.40. The molecule has 4 aromatic rings. The molecule has 0 radical (unpaired) electrons. The quantitative estimate of drug-likeness (QED) is 0.272. The number of aryl methyl sites for hydroxylation is 2. The number of halogens is 5. The molecule has 182 valence electrons. The Kier molecular flexibility index (Phi) is 5.67. The Labute approximate surface area is 194 Å². The van der Waals surface area contributed by atoms with Crippen molar-refractivity contribution in [2.24, 2.45) is 14.1 Å². The molecule has 0 unspecified atom stereocenters. The second-order valence-electron chi connectivity index (χ2n) is 7.65. The van der Waals surface area contributed by atoms with Crippen molar-refractivity contribution in [3.8, 4) is 11.4 Å². The molecule has 3 aromatic heterocycles. The smallest absolute Gasteiger partial charge is 0.323 e. The van der Waals surface area contributed by atoms with Crippen molar-refractivity contribution in [2.45, 2.75) is 35.1 Å². The van der Waals surface area contributed by atoms with Gasteiger partial charge in [0, 0.05) is 37.7 Å². The number of aromatic nitrogens is 5. The molecule has 0 N–H and O–H groups in total. The summed E-state index contributed by atoms with van der Waals surface area (Å²) in [5.74, 6) is -1.38. The number of benzene rings is 1. The van der Waals surface area contributed by atoms with Crippen molar-refractivity contribution in [2.75, 3.05) is 5.75 Å². The van der Waals surface area contributed by atoms with Crippen LogP contribution in [-0.2, 0) is 30.1 Å². The number of thioether (sulfide) groups is 1. The number of pyridine rings is 1. The van der Waals surface area contributed by atoms with E-state index in [2.05, 4.69) is 15.0 Å². The summed E-state index contributed by atoms with van der Waals surface area (Å²) in [6.07, 6.45) is -3.49. The molecule has 0 aliphatic rings. The standard InChI is InChI=1S/C20H18F5N5O2S2/c1-5-34(31,32)15-8-14-12(28-18(29(14)3)20(23,24)25)7-11(15)16-27-13-6-10(33-19(2,21)22)9-26-17(13)30(16)4/h6-9H,5H2,1-4H3. The molecule has 0 saturated carbocycles. The highest BCUT2D eigenvalue weighted by atomic mass is 32.2. The van der Waals surface area contributed by atoms with Gasteiger partial charge < -0.3 is 9.13 Å². The van der Waals surface area contributed by atoms with Gasteiger partial charge in [0.2, 0.25) is 5.82 Å². The Hall–Kier alpha value is -2.74. The lowest BCUT2D eigenvalue weighted by molar-refractivity contribution is -0.146. The summed E-state index contributed by atoms with van der Waals surface area (Å²) < 4.78 is 95.0. The fourth-order valence-electron chi connectivity index (χ4n) is 3.62. The van der Waals surface area contributed by atoms with Gasteiger partial charge in [-0.2, -0.15) is 22.0 Å². The minimum absolute atomic E-state index is 0.0103. The van der Waals surface area contributed by atoms with Crippen LogP contribution in [0.1, 0.15) is 19.7 Å². The third-order valence-electron chi connectivity index (χ3n) is 5.17. The maximum absolute atomic E-state index is 13.4. The zero-order valence-corrected chi connectivity index (χ0v) is 19.9. The van der Waals surface area contributed by atoms with Crippen LogP contribution in [0.2, 0.25) is 0 Å². The summed E-state index contributed by atoms with van der Waals surface area (Å²) in [4.78, 5) is 12.2. The normalized spacial score (nSPS) is 13.3. The van der Waals surface area contributed by atoms with Gasteiger partial charge in [-0.3, -0.25) is 0 Å². The molecule has 0 amide bonds. The summed E-state index contributed by atoms with van der Waals surface area (Å²) in [6, 6.07) is 3.78. The Balaban J connectivity index is 2.00. The molecule has 34 heavy (non-hydrogen) atoms. The van der Waals surface area contributed by atoms with Gasteiger partial charge in [0.1, 0.15) is 11.3 Å². The highest BCUT2D eigenvalue weighted by molar-refractivity contribution is 8.00. The minimum atomic E-state index is -4.74. The van der Waals surface area contributed by atoms with Crippen molar-refractivity contribution in [1.82, 2.24) is 24.1 Å². The van der Waals surface area contributed by atoms with Crippen LogP contribution in [0.4, 0.5) is 22.0 Å². The first-order chi connectivity index (χ1) is 15.6. The van der Waals surface area contributed by atoms with Gasteiger partial charge in [-0.15, -0.1) is 0 Å². The highest BCUT2D eigenvalue weighted by Gasteiger charge is 2.37. The summed E-state index contributed by atoms with van der Waals surface area (Å²) in [5.41, 5.74) is 0.474. The van der Waals surface area contributed by atoms with E-state index in [9.17, 15) is 30.4 Å². The first kappa shape index (κ1) is 24.4. The molecule has 0 aliphatic carbocycles. The molecule has 0 spiro atoms. The lowest BCUT2D eigenvalue weighted by atomic mass is 10.2. The molecule has 7 nitrogen and oxygen atoms in total. The van der Waals surface area contributed by atoms with Gasteiger partial charge in [-0.1, -0.05) is 18.7 Å². The van der Waals surface area contributed by atoms with Crippen LogP contribution in [0.15, 0.2) is 34.2 Å². The van der Waals surface area contributed by atoms with Crippen LogP contribution < -0.4 is 0 Å². The predicted octanol–water partition coefficient (Wildman–Crippen LogP) is 5.04. The number of rotatable bonds is 5. The predicted molar refractivity (Wildman–Crippen MR) is 117 cm³/mol. The second kappa shape index (κ2) is 7.90. The minimum Gasteiger partial charge on any atom is -0.323 e. The van der Waals surface area contributed by atoms with E-state index in [1.54, 1.807) is 7.05 Å². The Bertz CT molecular complexity index is 1540. The van der Waals surface area contributed by atoms with Crippen LogP contribution in [0.3, 0.4) is 0 Å². The number of sulfone groups is 1. The molecule has 0 aliphatic heterocycles. The van der Waals surface area contributed by atoms with Crippen molar-refractivity contribution in [1.29, 1.82) is 0 Å². The first-order valence-electron chi connectivity index (χ1n) is 9.82. The molecular weight excluding hydrogens is 501 g/mol. The first-order valence-corrected chi connectivity index (χ1v) is 12.3. The number of imidazole rings is 2. The van der Waals surface area contributed by atoms with E-state index >= 15 is 0 Å². The number of nitrogens with zero attached hydrogens (tertiary/aromatic N) is 5. The molecular formula is C20H18F5N5O2S2. The van der Waals surface area contributed by atoms with E-state index in [0.717, 1.165) is 24.6 Å². The number of hydrogen-bond donors (Lipinski definition) is 0. The van der Waals surface area contributed by atoms with E-state index in [0.29, 0.717) is 0 Å². The van der Waals surface area contributed by atoms with Crippen LogP contribution in [-0.4, -0.2) is 43.5 Å². The van der Waals surface area contributed by atoms with E-state index in [-0.39, 0.29) is 60.9 Å². The third kappa shape index (κ3) is 4.24.